The summed E-state index contributed by atoms with van der Waals surface area (Å²) >= 11 is 6.71. The Morgan fingerprint density at radius 1 is 1.24 bits per heavy atom. The molecule has 8 atom stereocenters. The molecule has 0 spiro atoms. The van der Waals surface area contributed by atoms with Gasteiger partial charge in [-0.05, 0) is 50.3 Å². The lowest BCUT2D eigenvalue weighted by Crippen LogP contribution is -2.63. The van der Waals surface area contributed by atoms with Gasteiger partial charge in [-0.25, -0.2) is 9.59 Å². The molecule has 2 fully saturated rings. The fraction of sp³-hybridized carbons (Fsp3) is 0.622. The zero-order valence-electron chi connectivity index (χ0n) is 30.9. The van der Waals surface area contributed by atoms with Crippen LogP contribution in [0.3, 0.4) is 0 Å². The molecule has 1 aromatic rings. The highest BCUT2D eigenvalue weighted by atomic mass is 35.5. The maximum Gasteiger partial charge on any atom is 0.409 e. The summed E-state index contributed by atoms with van der Waals surface area (Å²) in [6.07, 6.45) is 1.08. The number of carbonyl (C=O) groups excluding carboxylic acids is 4. The van der Waals surface area contributed by atoms with Crippen molar-refractivity contribution in [2.45, 2.75) is 116 Å². The number of aliphatic hydroxyl groups is 2. The zero-order chi connectivity index (χ0) is 38.0. The summed E-state index contributed by atoms with van der Waals surface area (Å²) in [4.78, 5) is 56.0. The molecule has 0 saturated carbocycles. The van der Waals surface area contributed by atoms with Crippen LogP contribution in [0.2, 0.25) is 5.02 Å². The summed E-state index contributed by atoms with van der Waals surface area (Å²) in [7, 11) is 4.51. The van der Waals surface area contributed by atoms with E-state index in [0.29, 0.717) is 17.7 Å². The van der Waals surface area contributed by atoms with Crippen LogP contribution < -0.4 is 10.2 Å². The maximum atomic E-state index is 14.1. The third-order valence-electron chi connectivity index (χ3n) is 10.2. The highest BCUT2D eigenvalue weighted by Crippen LogP contribution is 2.49. The number of methoxy groups -OCH3 is 1. The Morgan fingerprint density at radius 3 is 2.55 bits per heavy atom. The topological polar surface area (TPSA) is 167 Å². The first-order chi connectivity index (χ1) is 23.8. The standard InChI is InChI=1S/C37H52ClN3O10/c1-20(2)13-30(43)40(7)23(5)34(45)50-29-17-31(44)41(8)26-16-24(15-25(19-42)32(26)38)14-21(3)11-10-12-28(48-9)37(47)18-27(49-35(46)39-37)22(4)33-36(29,6)51-33/h10-12,15-16,20,22-23,27-29,33,42,47H,13-14,17-19H2,1-9H3,(H,39,46)/b12-10+,21-11+/t22-,23+,27+,28-,29+,33+,36+,37+/m1/s1. The number of amides is 3. The maximum absolute atomic E-state index is 14.1. The summed E-state index contributed by atoms with van der Waals surface area (Å²) in [5.74, 6) is -1.85. The summed E-state index contributed by atoms with van der Waals surface area (Å²) in [5, 5.41) is 24.5. The first kappa shape index (κ1) is 40.3. The van der Waals surface area contributed by atoms with Crippen molar-refractivity contribution in [3.05, 3.63) is 52.1 Å². The molecule has 0 unspecified atom stereocenters. The molecule has 13 nitrogen and oxygen atoms in total. The minimum Gasteiger partial charge on any atom is -0.457 e. The molecule has 3 aliphatic heterocycles. The van der Waals surface area contributed by atoms with Gasteiger partial charge in [0.25, 0.3) is 0 Å². The van der Waals surface area contributed by atoms with Crippen LogP contribution in [0.4, 0.5) is 10.5 Å². The van der Waals surface area contributed by atoms with Gasteiger partial charge in [-0.2, -0.15) is 0 Å². The number of likely N-dealkylation sites (N-methyl/N-ethyl adjacent to an activating group) is 1. The number of halogens is 1. The van der Waals surface area contributed by atoms with Gasteiger partial charge in [0.2, 0.25) is 11.8 Å². The number of nitrogens with zero attached hydrogens (tertiary/aromatic N) is 2. The molecule has 3 aliphatic rings. The Balaban J connectivity index is 1.77. The number of allylic oxidation sites excluding steroid dienone is 3. The van der Waals surface area contributed by atoms with Crippen molar-refractivity contribution in [3.63, 3.8) is 0 Å². The second-order valence-electron chi connectivity index (χ2n) is 14.6. The van der Waals surface area contributed by atoms with Crippen molar-refractivity contribution in [1.82, 2.24) is 10.2 Å². The number of epoxide rings is 1. The third kappa shape index (κ3) is 8.94. The fourth-order valence-electron chi connectivity index (χ4n) is 6.77. The van der Waals surface area contributed by atoms with Gasteiger partial charge in [0.15, 0.2) is 5.72 Å². The van der Waals surface area contributed by atoms with Gasteiger partial charge in [0, 0.05) is 40.0 Å². The average Bonchev–Trinajstić information content (AvgIpc) is 3.76. The number of hydrogen-bond donors (Lipinski definition) is 3. The molecule has 0 aromatic heterocycles. The van der Waals surface area contributed by atoms with E-state index in [0.717, 1.165) is 11.1 Å². The van der Waals surface area contributed by atoms with E-state index in [1.165, 1.54) is 24.0 Å². The number of aliphatic hydroxyl groups excluding tert-OH is 1. The number of fused-ring (bicyclic) bond motifs is 5. The summed E-state index contributed by atoms with van der Waals surface area (Å²) in [5.41, 5.74) is -0.570. The van der Waals surface area contributed by atoms with Crippen LogP contribution in [0.15, 0.2) is 35.9 Å². The predicted octanol–water partition coefficient (Wildman–Crippen LogP) is 4.04. The molecular weight excluding hydrogens is 682 g/mol. The van der Waals surface area contributed by atoms with E-state index < -0.39 is 65.7 Å². The zero-order valence-corrected chi connectivity index (χ0v) is 31.7. The molecule has 3 amide bonds. The van der Waals surface area contributed by atoms with Gasteiger partial charge >= 0.3 is 12.1 Å². The lowest BCUT2D eigenvalue weighted by Gasteiger charge is -2.42. The minimum atomic E-state index is -1.83. The van der Waals surface area contributed by atoms with E-state index in [4.69, 9.17) is 30.5 Å². The Morgan fingerprint density at radius 2 is 1.92 bits per heavy atom. The number of rotatable bonds is 7. The van der Waals surface area contributed by atoms with Crippen molar-refractivity contribution in [3.8, 4) is 0 Å². The van der Waals surface area contributed by atoms with E-state index in [1.807, 2.05) is 26.8 Å². The van der Waals surface area contributed by atoms with Gasteiger partial charge in [-0.3, -0.25) is 14.9 Å². The molecule has 0 aliphatic carbocycles. The molecule has 51 heavy (non-hydrogen) atoms. The normalized spacial score (nSPS) is 32.1. The molecule has 1 aromatic carbocycles. The second kappa shape index (κ2) is 16.0. The summed E-state index contributed by atoms with van der Waals surface area (Å²) in [6, 6.07) is 2.57. The SMILES string of the molecule is CO[C@@H]1/C=C/C=C(\C)Cc2cc(CO)c(Cl)c(c2)N(C)C(=O)C[C@H](OC(=O)[C@H](C)N(C)C(=O)CC(C)C)[C@]2(C)O[C@H]2[C@H](C)[C@@H]2C[C@@]1(O)NC(=O)O2. The van der Waals surface area contributed by atoms with Crippen molar-refractivity contribution in [2.24, 2.45) is 11.8 Å². The lowest BCUT2D eigenvalue weighted by atomic mass is 9.83. The Labute approximate surface area is 304 Å². The number of alkyl carbamates (subject to hydrolysis) is 1. The highest BCUT2D eigenvalue weighted by molar-refractivity contribution is 6.34. The van der Waals surface area contributed by atoms with Gasteiger partial charge in [0.1, 0.15) is 30.0 Å². The van der Waals surface area contributed by atoms with Crippen molar-refractivity contribution in [1.29, 1.82) is 0 Å². The minimum absolute atomic E-state index is 0.0540. The van der Waals surface area contributed by atoms with Crippen molar-refractivity contribution in [2.75, 3.05) is 26.1 Å². The Kier molecular flexibility index (Phi) is 12.7. The lowest BCUT2D eigenvalue weighted by molar-refractivity contribution is -0.162. The second-order valence-corrected chi connectivity index (χ2v) is 15.0. The highest BCUT2D eigenvalue weighted by Gasteiger charge is 2.64. The van der Waals surface area contributed by atoms with Gasteiger partial charge in [-0.15, -0.1) is 0 Å². The van der Waals surface area contributed by atoms with Crippen LogP contribution in [0.5, 0.6) is 0 Å². The molecule has 3 heterocycles. The first-order valence-corrected chi connectivity index (χ1v) is 17.6. The molecule has 2 saturated heterocycles. The number of hydrogen-bond acceptors (Lipinski definition) is 10. The van der Waals surface area contributed by atoms with Crippen LogP contribution in [0.25, 0.3) is 0 Å². The number of benzene rings is 1. The molecule has 3 N–H and O–H groups in total. The van der Waals surface area contributed by atoms with E-state index >= 15 is 0 Å². The molecule has 14 heteroatoms. The molecule has 4 bridgehead atoms. The van der Waals surface area contributed by atoms with Gasteiger partial charge in [0.05, 0.1) is 29.8 Å². The first-order valence-electron chi connectivity index (χ1n) is 17.3. The predicted molar refractivity (Wildman–Crippen MR) is 190 cm³/mol. The Hall–Kier alpha value is -3.49. The fourth-order valence-corrected chi connectivity index (χ4v) is 7.07. The van der Waals surface area contributed by atoms with E-state index in [-0.39, 0.29) is 42.7 Å². The number of carbonyl (C=O) groups is 4. The smallest absolute Gasteiger partial charge is 0.409 e. The van der Waals surface area contributed by atoms with E-state index in [1.54, 1.807) is 52.1 Å². The Bertz CT molecular complexity index is 1560. The van der Waals surface area contributed by atoms with Crippen molar-refractivity contribution >= 4 is 41.2 Å². The van der Waals surface area contributed by atoms with Crippen LogP contribution in [0, 0.1) is 11.8 Å². The molecule has 4 rings (SSSR count). The number of nitrogens with one attached hydrogen (secondary N) is 1. The van der Waals surface area contributed by atoms with Crippen molar-refractivity contribution < 1.29 is 48.3 Å². The van der Waals surface area contributed by atoms with Crippen LogP contribution in [0.1, 0.15) is 71.9 Å². The van der Waals surface area contributed by atoms with Gasteiger partial charge < -0.3 is 39.0 Å². The van der Waals surface area contributed by atoms with Crippen LogP contribution in [-0.2, 0) is 46.4 Å². The van der Waals surface area contributed by atoms with Crippen LogP contribution in [-0.4, -0.2) is 102 Å². The van der Waals surface area contributed by atoms with Gasteiger partial charge in [-0.1, -0.05) is 62.2 Å². The third-order valence-corrected chi connectivity index (χ3v) is 10.6. The quantitative estimate of drug-likeness (QED) is 0.275. The van der Waals surface area contributed by atoms with Crippen LogP contribution >= 0.6 is 11.6 Å². The number of anilines is 1. The average molecular weight is 734 g/mol. The number of ether oxygens (including phenoxy) is 4. The largest absolute Gasteiger partial charge is 0.457 e. The number of esters is 1. The summed E-state index contributed by atoms with van der Waals surface area (Å²) in [6.45, 7) is 10.4. The molecule has 282 valence electrons. The van der Waals surface area contributed by atoms with E-state index in [2.05, 4.69) is 5.32 Å². The summed E-state index contributed by atoms with van der Waals surface area (Å²) < 4.78 is 23.5. The molecule has 0 radical (unpaired) electrons. The molecular formula is C37H52ClN3O10. The van der Waals surface area contributed by atoms with E-state index in [9.17, 15) is 29.4 Å². The monoisotopic (exact) mass is 733 g/mol.